The zero-order chi connectivity index (χ0) is 19.8. The summed E-state index contributed by atoms with van der Waals surface area (Å²) in [6.45, 7) is 0.810. The van der Waals surface area contributed by atoms with Crippen molar-refractivity contribution < 1.29 is 22.0 Å². The van der Waals surface area contributed by atoms with E-state index in [-0.39, 0.29) is 23.9 Å². The number of benzene rings is 2. The number of sulfonamides is 1. The predicted molar refractivity (Wildman–Crippen MR) is 96.6 cm³/mol. The highest BCUT2D eigenvalue weighted by atomic mass is 32.2. The number of anilines is 1. The highest BCUT2D eigenvalue weighted by Crippen LogP contribution is 2.30. The maximum absolute atomic E-state index is 13.3. The number of amides is 1. The summed E-state index contributed by atoms with van der Waals surface area (Å²) >= 11 is 0. The van der Waals surface area contributed by atoms with Crippen molar-refractivity contribution >= 4 is 21.6 Å². The largest absolute Gasteiger partial charge is 0.311 e. The van der Waals surface area contributed by atoms with Gasteiger partial charge in [0.15, 0.2) is 11.6 Å². The lowest BCUT2D eigenvalue weighted by molar-refractivity contribution is -0.119. The van der Waals surface area contributed by atoms with Gasteiger partial charge in [-0.3, -0.25) is 9.69 Å². The molecule has 0 aromatic heterocycles. The van der Waals surface area contributed by atoms with Crippen molar-refractivity contribution in [3.8, 4) is 0 Å². The third-order valence-electron chi connectivity index (χ3n) is 4.42. The van der Waals surface area contributed by atoms with Gasteiger partial charge in [0.05, 0.1) is 11.4 Å². The minimum Gasteiger partial charge on any atom is -0.311 e. The molecular weight excluding hydrogens is 376 g/mol. The molecule has 2 N–H and O–H groups in total. The van der Waals surface area contributed by atoms with Crippen LogP contribution in [0.1, 0.15) is 11.1 Å². The normalized spacial score (nSPS) is 13.9. The van der Waals surface area contributed by atoms with Gasteiger partial charge in [-0.05, 0) is 54.9 Å². The van der Waals surface area contributed by atoms with Gasteiger partial charge in [-0.2, -0.15) is 0 Å². The average Bonchev–Trinajstić information content (AvgIpc) is 3.00. The molecule has 0 saturated heterocycles. The number of primary sulfonamides is 1. The van der Waals surface area contributed by atoms with E-state index in [1.165, 1.54) is 18.2 Å². The minimum absolute atomic E-state index is 0.0194. The SMILES string of the molecule is CN(CC(=O)N1CCc2cc(S(N)(=O)=O)ccc21)Cc1ccc(F)c(F)c1. The van der Waals surface area contributed by atoms with Gasteiger partial charge in [0.25, 0.3) is 0 Å². The van der Waals surface area contributed by atoms with E-state index in [0.717, 1.165) is 17.7 Å². The molecule has 1 aliphatic rings. The molecular formula is C18H19F2N3O3S. The van der Waals surface area contributed by atoms with Crippen molar-refractivity contribution in [2.45, 2.75) is 17.9 Å². The molecule has 0 spiro atoms. The summed E-state index contributed by atoms with van der Waals surface area (Å²) in [5.74, 6) is -2.00. The first kappa shape index (κ1) is 19.4. The van der Waals surface area contributed by atoms with Crippen LogP contribution in [0.2, 0.25) is 0 Å². The van der Waals surface area contributed by atoms with Crippen LogP contribution >= 0.6 is 0 Å². The lowest BCUT2D eigenvalue weighted by Crippen LogP contribution is -2.37. The molecule has 1 heterocycles. The molecule has 0 unspecified atom stereocenters. The summed E-state index contributed by atoms with van der Waals surface area (Å²) in [7, 11) is -2.08. The van der Waals surface area contributed by atoms with Crippen LogP contribution in [0.25, 0.3) is 0 Å². The molecule has 0 fully saturated rings. The summed E-state index contributed by atoms with van der Waals surface area (Å²) < 4.78 is 49.2. The number of nitrogens with zero attached hydrogens (tertiary/aromatic N) is 2. The summed E-state index contributed by atoms with van der Waals surface area (Å²) in [4.78, 5) is 15.9. The predicted octanol–water partition coefficient (Wildman–Crippen LogP) is 1.63. The first-order valence-electron chi connectivity index (χ1n) is 8.24. The van der Waals surface area contributed by atoms with E-state index in [4.69, 9.17) is 5.14 Å². The van der Waals surface area contributed by atoms with Crippen molar-refractivity contribution in [1.82, 2.24) is 4.90 Å². The maximum atomic E-state index is 13.3. The maximum Gasteiger partial charge on any atom is 0.241 e. The van der Waals surface area contributed by atoms with E-state index in [0.29, 0.717) is 24.2 Å². The second-order valence-electron chi connectivity index (χ2n) is 6.55. The Kier molecular flexibility index (Phi) is 5.27. The Balaban J connectivity index is 1.68. The van der Waals surface area contributed by atoms with E-state index in [1.54, 1.807) is 22.9 Å². The highest BCUT2D eigenvalue weighted by molar-refractivity contribution is 7.89. The molecule has 0 saturated carbocycles. The zero-order valence-electron chi connectivity index (χ0n) is 14.7. The number of hydrogen-bond acceptors (Lipinski definition) is 4. The Morgan fingerprint density at radius 1 is 1.19 bits per heavy atom. The van der Waals surface area contributed by atoms with Crippen LogP contribution in [0, 0.1) is 11.6 Å². The van der Waals surface area contributed by atoms with Crippen LogP contribution in [0.15, 0.2) is 41.3 Å². The smallest absolute Gasteiger partial charge is 0.241 e. The number of rotatable bonds is 5. The van der Waals surface area contributed by atoms with Gasteiger partial charge in [0, 0.05) is 18.8 Å². The summed E-state index contributed by atoms with van der Waals surface area (Å²) in [6, 6.07) is 8.08. The summed E-state index contributed by atoms with van der Waals surface area (Å²) in [5, 5.41) is 5.14. The lowest BCUT2D eigenvalue weighted by atomic mass is 10.2. The van der Waals surface area contributed by atoms with Crippen LogP contribution in [0.3, 0.4) is 0 Å². The molecule has 9 heteroatoms. The number of carbonyl (C=O) groups excluding carboxylic acids is 1. The average molecular weight is 395 g/mol. The van der Waals surface area contributed by atoms with Crippen LogP contribution in [-0.4, -0.2) is 39.4 Å². The third kappa shape index (κ3) is 4.32. The van der Waals surface area contributed by atoms with Gasteiger partial charge in [-0.25, -0.2) is 22.3 Å². The molecule has 0 radical (unpaired) electrons. The molecule has 1 aliphatic heterocycles. The van der Waals surface area contributed by atoms with Crippen molar-refractivity contribution in [2.75, 3.05) is 25.0 Å². The number of fused-ring (bicyclic) bond motifs is 1. The summed E-state index contributed by atoms with van der Waals surface area (Å²) in [5.41, 5.74) is 1.97. The minimum atomic E-state index is -3.79. The number of likely N-dealkylation sites (N-methyl/N-ethyl adjacent to an activating group) is 1. The molecule has 1 amide bonds. The van der Waals surface area contributed by atoms with Crippen molar-refractivity contribution in [3.05, 3.63) is 59.2 Å². The molecule has 2 aromatic carbocycles. The van der Waals surface area contributed by atoms with Gasteiger partial charge < -0.3 is 4.90 Å². The Morgan fingerprint density at radius 2 is 1.93 bits per heavy atom. The molecule has 6 nitrogen and oxygen atoms in total. The molecule has 0 bridgehead atoms. The fourth-order valence-corrected chi connectivity index (χ4v) is 3.70. The van der Waals surface area contributed by atoms with Crippen LogP contribution in [0.4, 0.5) is 14.5 Å². The van der Waals surface area contributed by atoms with Gasteiger partial charge in [0.1, 0.15) is 0 Å². The number of nitrogens with two attached hydrogens (primary N) is 1. The monoisotopic (exact) mass is 395 g/mol. The Bertz CT molecular complexity index is 995. The number of hydrogen-bond donors (Lipinski definition) is 1. The summed E-state index contributed by atoms with van der Waals surface area (Å²) in [6.07, 6.45) is 0.539. The highest BCUT2D eigenvalue weighted by Gasteiger charge is 2.26. The molecule has 0 atom stereocenters. The Hall–Kier alpha value is -2.36. The Morgan fingerprint density at radius 3 is 2.59 bits per heavy atom. The first-order valence-corrected chi connectivity index (χ1v) is 9.78. The van der Waals surface area contributed by atoms with E-state index >= 15 is 0 Å². The van der Waals surface area contributed by atoms with E-state index in [9.17, 15) is 22.0 Å². The van der Waals surface area contributed by atoms with E-state index in [1.807, 2.05) is 0 Å². The van der Waals surface area contributed by atoms with Gasteiger partial charge in [0.2, 0.25) is 15.9 Å². The van der Waals surface area contributed by atoms with E-state index in [2.05, 4.69) is 0 Å². The Labute approximate surface area is 156 Å². The van der Waals surface area contributed by atoms with Gasteiger partial charge in [-0.1, -0.05) is 6.07 Å². The van der Waals surface area contributed by atoms with Gasteiger partial charge >= 0.3 is 0 Å². The molecule has 27 heavy (non-hydrogen) atoms. The fraction of sp³-hybridized carbons (Fsp3) is 0.278. The standard InChI is InChI=1S/C18H19F2N3O3S/c1-22(10-12-2-4-15(19)16(20)8-12)11-18(24)23-7-6-13-9-14(27(21,25)26)3-5-17(13)23/h2-5,8-9H,6-7,10-11H2,1H3,(H2,21,25,26). The van der Waals surface area contributed by atoms with Crippen molar-refractivity contribution in [1.29, 1.82) is 0 Å². The van der Waals surface area contributed by atoms with Crippen molar-refractivity contribution in [3.63, 3.8) is 0 Å². The van der Waals surface area contributed by atoms with Crippen LogP contribution in [-0.2, 0) is 27.8 Å². The number of carbonyl (C=O) groups is 1. The third-order valence-corrected chi connectivity index (χ3v) is 5.33. The molecule has 2 aromatic rings. The first-order chi connectivity index (χ1) is 12.6. The molecule has 144 valence electrons. The molecule has 0 aliphatic carbocycles. The van der Waals surface area contributed by atoms with Crippen molar-refractivity contribution in [2.24, 2.45) is 5.14 Å². The topological polar surface area (TPSA) is 83.7 Å². The second-order valence-corrected chi connectivity index (χ2v) is 8.11. The second kappa shape index (κ2) is 7.34. The lowest BCUT2D eigenvalue weighted by Gasteiger charge is -2.22. The van der Waals surface area contributed by atoms with Crippen LogP contribution < -0.4 is 10.0 Å². The molecule has 3 rings (SSSR count). The fourth-order valence-electron chi connectivity index (χ4n) is 3.14. The van der Waals surface area contributed by atoms with Crippen LogP contribution in [0.5, 0.6) is 0 Å². The zero-order valence-corrected chi connectivity index (χ0v) is 15.5. The number of halogens is 2. The van der Waals surface area contributed by atoms with Gasteiger partial charge in [-0.15, -0.1) is 0 Å². The quantitative estimate of drug-likeness (QED) is 0.834. The van der Waals surface area contributed by atoms with E-state index < -0.39 is 21.7 Å².